The Morgan fingerprint density at radius 2 is 1.58 bits per heavy atom. The predicted octanol–water partition coefficient (Wildman–Crippen LogP) is 1.38. The monoisotopic (exact) mass is 288 g/mol. The van der Waals surface area contributed by atoms with E-state index in [9.17, 15) is 0 Å². The molecule has 0 aliphatic heterocycles. The van der Waals surface area contributed by atoms with Crippen LogP contribution in [0, 0.1) is 0 Å². The lowest BCUT2D eigenvalue weighted by atomic mass is 10.3. The summed E-state index contributed by atoms with van der Waals surface area (Å²) >= 11 is 2.29. The molecule has 0 N–H and O–H groups in total. The van der Waals surface area contributed by atoms with E-state index in [1.165, 1.54) is 3.69 Å². The van der Waals surface area contributed by atoms with Gasteiger partial charge in [0.15, 0.2) is 0 Å². The number of methoxy groups -OCH3 is 2. The first kappa shape index (κ1) is 10.4. The maximum absolute atomic E-state index is 5.14. The third-order valence-corrected chi connectivity index (χ3v) is 4.92. The highest BCUT2D eigenvalue weighted by atomic mass is 127. The Labute approximate surface area is 91.7 Å². The van der Waals surface area contributed by atoms with Gasteiger partial charge in [-0.3, -0.25) is 18.9 Å². The Morgan fingerprint density at radius 3 is 1.92 bits per heavy atom. The molecule has 1 aromatic carbocycles. The highest BCUT2D eigenvalue weighted by Gasteiger charge is 2.01. The number of halogens is 1. The number of ether oxygens (including phenoxy) is 2. The van der Waals surface area contributed by atoms with Crippen LogP contribution in [0.1, 0.15) is 0 Å². The van der Waals surface area contributed by atoms with E-state index in [1.54, 1.807) is 14.2 Å². The van der Waals surface area contributed by atoms with E-state index in [1.807, 2.05) is 6.07 Å². The molecular formula is C8H9IMgO2. The minimum Gasteiger partial charge on any atom is -0.497 e. The van der Waals surface area contributed by atoms with Crippen molar-refractivity contribution < 1.29 is 9.47 Å². The SMILES string of the molecule is COc1cc(OC)c[c]([Mg][I])c1. The largest absolute Gasteiger partial charge is 0.502 e. The third kappa shape index (κ3) is 2.67. The van der Waals surface area contributed by atoms with Crippen LogP contribution in [0.3, 0.4) is 0 Å². The van der Waals surface area contributed by atoms with E-state index in [4.69, 9.17) is 9.47 Å². The van der Waals surface area contributed by atoms with Crippen LogP contribution in [0.5, 0.6) is 11.5 Å². The Balaban J connectivity index is 3.01. The number of hydrogen-bond acceptors (Lipinski definition) is 2. The highest BCUT2D eigenvalue weighted by molar-refractivity contribution is 14.1. The van der Waals surface area contributed by atoms with Crippen LogP contribution >= 0.6 is 18.9 Å². The average molecular weight is 288 g/mol. The first-order valence-electron chi connectivity index (χ1n) is 3.58. The molecule has 0 radical (unpaired) electrons. The summed E-state index contributed by atoms with van der Waals surface area (Å²) in [4.78, 5) is 0. The minimum absolute atomic E-state index is 0.160. The molecular weight excluding hydrogens is 279 g/mol. The molecule has 0 saturated heterocycles. The topological polar surface area (TPSA) is 18.5 Å². The average Bonchev–Trinajstić information content (AvgIpc) is 2.16. The maximum atomic E-state index is 5.14. The third-order valence-electron chi connectivity index (χ3n) is 1.57. The lowest BCUT2D eigenvalue weighted by Gasteiger charge is -2.06. The molecule has 0 atom stereocenters. The van der Waals surface area contributed by atoms with Crippen molar-refractivity contribution in [2.45, 2.75) is 0 Å². The second-order valence-corrected chi connectivity index (χ2v) is 5.73. The van der Waals surface area contributed by atoms with Crippen molar-refractivity contribution in [3.63, 3.8) is 0 Å². The van der Waals surface area contributed by atoms with Crippen molar-refractivity contribution in [2.75, 3.05) is 14.2 Å². The van der Waals surface area contributed by atoms with Crippen LogP contribution in [0.2, 0.25) is 0 Å². The quantitative estimate of drug-likeness (QED) is 0.618. The summed E-state index contributed by atoms with van der Waals surface area (Å²) in [6.45, 7) is 0. The summed E-state index contributed by atoms with van der Waals surface area (Å²) in [5.74, 6) is 1.77. The van der Waals surface area contributed by atoms with E-state index in [0.29, 0.717) is 0 Å². The van der Waals surface area contributed by atoms with Gasteiger partial charge in [0.2, 0.25) is 0 Å². The molecule has 0 bridgehead atoms. The molecule has 1 aromatic rings. The normalized spacial score (nSPS) is 8.92. The molecule has 12 heavy (non-hydrogen) atoms. The summed E-state index contributed by atoms with van der Waals surface area (Å²) in [5, 5.41) is 0. The smallest absolute Gasteiger partial charge is 0.497 e. The van der Waals surface area contributed by atoms with Crippen LogP contribution in [-0.4, -0.2) is 30.7 Å². The Kier molecular flexibility index (Phi) is 4.45. The van der Waals surface area contributed by atoms with E-state index >= 15 is 0 Å². The van der Waals surface area contributed by atoms with Gasteiger partial charge in [-0.15, -0.1) is 3.69 Å². The zero-order valence-corrected chi connectivity index (χ0v) is 10.7. The molecule has 0 spiro atoms. The van der Waals surface area contributed by atoms with Crippen molar-refractivity contribution in [3.8, 4) is 11.5 Å². The van der Waals surface area contributed by atoms with Crippen LogP contribution in [0.25, 0.3) is 0 Å². The fourth-order valence-electron chi connectivity index (χ4n) is 0.944. The molecule has 4 heteroatoms. The van der Waals surface area contributed by atoms with E-state index in [2.05, 4.69) is 31.0 Å². The zero-order chi connectivity index (χ0) is 8.97. The van der Waals surface area contributed by atoms with E-state index in [0.717, 1.165) is 11.5 Å². The zero-order valence-electron chi connectivity index (χ0n) is 7.13. The van der Waals surface area contributed by atoms with Gasteiger partial charge in [-0.2, -0.15) is 0 Å². The molecule has 1 rings (SSSR count). The van der Waals surface area contributed by atoms with Crippen molar-refractivity contribution in [2.24, 2.45) is 0 Å². The van der Waals surface area contributed by atoms with Crippen LogP contribution in [0.4, 0.5) is 0 Å². The molecule has 0 aliphatic rings. The van der Waals surface area contributed by atoms with Crippen molar-refractivity contribution in [1.82, 2.24) is 0 Å². The second-order valence-electron chi connectivity index (χ2n) is 2.35. The minimum atomic E-state index is -0.160. The summed E-state index contributed by atoms with van der Waals surface area (Å²) in [6.07, 6.45) is 0. The lowest BCUT2D eigenvalue weighted by Crippen LogP contribution is -2.08. The summed E-state index contributed by atoms with van der Waals surface area (Å²) in [5.41, 5.74) is 0. The number of benzene rings is 1. The fourth-order valence-corrected chi connectivity index (χ4v) is 2.82. The van der Waals surface area contributed by atoms with Gasteiger partial charge in [0, 0.05) is 6.07 Å². The Hall–Kier alpha value is 0.316. The molecule has 0 amide bonds. The summed E-state index contributed by atoms with van der Waals surface area (Å²) in [6, 6.07) is 6.03. The molecule has 0 saturated carbocycles. The molecule has 0 aliphatic carbocycles. The Morgan fingerprint density at radius 1 is 1.08 bits per heavy atom. The summed E-state index contributed by atoms with van der Waals surface area (Å²) in [7, 11) is 3.35. The van der Waals surface area contributed by atoms with Gasteiger partial charge >= 0.3 is 16.5 Å². The van der Waals surface area contributed by atoms with E-state index in [-0.39, 0.29) is 16.5 Å². The van der Waals surface area contributed by atoms with E-state index < -0.39 is 0 Å². The molecule has 0 heterocycles. The summed E-state index contributed by atoms with van der Waals surface area (Å²) < 4.78 is 11.6. The molecule has 0 fully saturated rings. The van der Waals surface area contributed by atoms with Gasteiger partial charge < -0.3 is 9.47 Å². The van der Waals surface area contributed by atoms with Gasteiger partial charge in [-0.25, -0.2) is 0 Å². The van der Waals surface area contributed by atoms with Crippen LogP contribution < -0.4 is 13.2 Å². The van der Waals surface area contributed by atoms with Gasteiger partial charge in [-0.05, 0) is 12.1 Å². The van der Waals surface area contributed by atoms with Crippen LogP contribution in [0.15, 0.2) is 18.2 Å². The molecule has 0 unspecified atom stereocenters. The fraction of sp³-hybridized carbons (Fsp3) is 0.250. The van der Waals surface area contributed by atoms with Gasteiger partial charge in [-0.1, -0.05) is 0 Å². The standard InChI is InChI=1S/C8H9O2.HI.Mg/c1-9-7-4-3-5-8(6-7)10-2;;/h4-6H,1-2H3;1H;/q;;+1/p-1. The van der Waals surface area contributed by atoms with Crippen LogP contribution in [-0.2, 0) is 0 Å². The first-order chi connectivity index (χ1) is 5.80. The predicted molar refractivity (Wildman–Crippen MR) is 59.0 cm³/mol. The van der Waals surface area contributed by atoms with Crippen molar-refractivity contribution >= 4 is 39.0 Å². The second kappa shape index (κ2) is 5.13. The van der Waals surface area contributed by atoms with Crippen molar-refractivity contribution in [1.29, 1.82) is 0 Å². The molecule has 62 valence electrons. The van der Waals surface area contributed by atoms with Gasteiger partial charge in [0.25, 0.3) is 0 Å². The Bertz CT molecular complexity index is 210. The number of rotatable bonds is 3. The first-order valence-corrected chi connectivity index (χ1v) is 9.40. The van der Waals surface area contributed by atoms with Crippen molar-refractivity contribution in [3.05, 3.63) is 18.2 Å². The number of hydrogen-bond donors (Lipinski definition) is 0. The maximum Gasteiger partial charge on any atom is 0.502 e. The molecule has 0 aromatic heterocycles. The lowest BCUT2D eigenvalue weighted by molar-refractivity contribution is 0.395. The molecule has 2 nitrogen and oxygen atoms in total. The van der Waals surface area contributed by atoms with Gasteiger partial charge in [0.05, 0.1) is 14.2 Å². The highest BCUT2D eigenvalue weighted by Crippen LogP contribution is 2.16. The van der Waals surface area contributed by atoms with Gasteiger partial charge in [0.1, 0.15) is 11.5 Å².